The van der Waals surface area contributed by atoms with E-state index in [1.165, 1.54) is 38.9 Å². The Morgan fingerprint density at radius 2 is 0.837 bits per heavy atom. The normalized spacial score (nSPS) is 10.6. The molecule has 0 aliphatic carbocycles. The van der Waals surface area contributed by atoms with Crippen molar-refractivity contribution in [3.8, 4) is 0 Å². The Kier molecular flexibility index (Phi) is 14.8. The van der Waals surface area contributed by atoms with Gasteiger partial charge in [-0.3, -0.25) is 0 Å². The first-order valence-electron chi connectivity index (χ1n) is 15.8. The first-order chi connectivity index (χ1) is 24.1. The second-order valence-corrected chi connectivity index (χ2v) is 26.4. The van der Waals surface area contributed by atoms with Crippen LogP contribution in [0.25, 0.3) is 6.08 Å². The third kappa shape index (κ3) is 11.3. The third-order valence-corrected chi connectivity index (χ3v) is 24.1. The van der Waals surface area contributed by atoms with Crippen molar-refractivity contribution in [2.75, 3.05) is 0 Å². The van der Waals surface area contributed by atoms with Crippen LogP contribution in [0.2, 0.25) is 0 Å². The Morgan fingerprint density at radius 3 is 1.12 bits per heavy atom. The summed E-state index contributed by atoms with van der Waals surface area (Å²) in [5, 5.41) is 10.3. The van der Waals surface area contributed by atoms with Crippen molar-refractivity contribution in [2.45, 2.75) is 0 Å². The van der Waals surface area contributed by atoms with Gasteiger partial charge >= 0.3 is 249 Å². The summed E-state index contributed by atoms with van der Waals surface area (Å²) in [5.41, 5.74) is 0. The van der Waals surface area contributed by atoms with Gasteiger partial charge in [0.05, 0.1) is 0 Å². The van der Waals surface area contributed by atoms with E-state index in [0.29, 0.717) is 0 Å². The molecule has 0 unspecified atom stereocenters. The number of carbonyl (C=O) groups is 1. The van der Waals surface area contributed by atoms with Gasteiger partial charge in [0.25, 0.3) is 0 Å². The molecule has 7 rings (SSSR count). The number of hydrogen-bond donors (Lipinski definition) is 1. The fraction of sp³-hybridized carbons (Fsp3) is 0. The van der Waals surface area contributed by atoms with Gasteiger partial charge in [-0.25, -0.2) is 4.79 Å². The van der Waals surface area contributed by atoms with Crippen LogP contribution in [-0.2, 0) is 17.4 Å². The summed E-state index contributed by atoms with van der Waals surface area (Å²) >= 11 is 2.08. The molecule has 6 aromatic carbocycles. The molecule has 0 amide bonds. The van der Waals surface area contributed by atoms with Crippen LogP contribution in [0, 0.1) is 0 Å². The molecular formula is C43H35O2S2Sn2. The summed E-state index contributed by atoms with van der Waals surface area (Å²) in [6, 6.07) is 69.5. The van der Waals surface area contributed by atoms with E-state index >= 15 is 0 Å². The summed E-state index contributed by atoms with van der Waals surface area (Å²) in [5.74, 6) is -1.05. The van der Waals surface area contributed by atoms with Crippen molar-refractivity contribution in [1.29, 1.82) is 0 Å². The molecule has 0 aliphatic heterocycles. The van der Waals surface area contributed by atoms with Crippen molar-refractivity contribution in [3.05, 3.63) is 209 Å². The molecule has 0 saturated carbocycles. The fourth-order valence-corrected chi connectivity index (χ4v) is 20.8. The van der Waals surface area contributed by atoms with Gasteiger partial charge in [0.2, 0.25) is 0 Å². The number of carboxylic acid groups (broad SMARTS) is 1. The molecule has 1 aromatic heterocycles. The van der Waals surface area contributed by atoms with E-state index in [9.17, 15) is 4.79 Å². The molecule has 0 fully saturated rings. The van der Waals surface area contributed by atoms with Gasteiger partial charge in [-0.1, -0.05) is 17.0 Å². The zero-order valence-electron chi connectivity index (χ0n) is 26.8. The second kappa shape index (κ2) is 19.9. The number of aliphatic carboxylic acids is 1. The van der Waals surface area contributed by atoms with E-state index < -0.39 is 45.5 Å². The van der Waals surface area contributed by atoms with Gasteiger partial charge in [-0.15, -0.1) is 11.3 Å². The predicted molar refractivity (Wildman–Crippen MR) is 215 cm³/mol. The molecule has 49 heavy (non-hydrogen) atoms. The van der Waals surface area contributed by atoms with Gasteiger partial charge in [-0.05, 0) is 11.4 Å². The van der Waals surface area contributed by atoms with Crippen molar-refractivity contribution in [3.63, 3.8) is 0 Å². The van der Waals surface area contributed by atoms with Crippen LogP contribution in [-0.4, -0.2) is 50.6 Å². The SMILES string of the molecule is O=C(O)/C([S-])=C\c1cccs1.c1cc[c]([Sn+]([c]2ccccc2)[c]2ccccc2)cc1.c1cc[c]([Sn]([c]2ccccc2)[c]2ccccc2)cc1. The maximum atomic E-state index is 10.3. The van der Waals surface area contributed by atoms with Crippen LogP contribution in [0.15, 0.2) is 204 Å². The number of rotatable bonds is 8. The van der Waals surface area contributed by atoms with Crippen molar-refractivity contribution in [2.24, 2.45) is 0 Å². The van der Waals surface area contributed by atoms with Gasteiger partial charge in [0.1, 0.15) is 0 Å². The Morgan fingerprint density at radius 1 is 0.510 bits per heavy atom. The molecule has 0 spiro atoms. The minimum absolute atomic E-state index is 0.0487. The van der Waals surface area contributed by atoms with E-state index in [0.717, 1.165) is 4.88 Å². The number of thiophene rings is 1. The van der Waals surface area contributed by atoms with Crippen LogP contribution in [0.4, 0.5) is 0 Å². The topological polar surface area (TPSA) is 37.3 Å². The summed E-state index contributed by atoms with van der Waals surface area (Å²) in [6.07, 6.45) is 1.47. The molecule has 6 heteroatoms. The molecule has 1 heterocycles. The van der Waals surface area contributed by atoms with Crippen molar-refractivity contribution in [1.82, 2.24) is 0 Å². The molecule has 2 nitrogen and oxygen atoms in total. The molecular weight excluding hydrogens is 850 g/mol. The molecule has 0 aliphatic rings. The third-order valence-electron chi connectivity index (χ3n) is 7.40. The van der Waals surface area contributed by atoms with Crippen LogP contribution in [0.3, 0.4) is 0 Å². The Labute approximate surface area is 313 Å². The van der Waals surface area contributed by atoms with Gasteiger partial charge in [-0.2, -0.15) is 0 Å². The number of benzene rings is 6. The first-order valence-corrected chi connectivity index (χ1v) is 25.7. The van der Waals surface area contributed by atoms with Gasteiger partial charge < -0.3 is 17.7 Å². The molecule has 1 N–H and O–H groups in total. The average molecular weight is 885 g/mol. The van der Waals surface area contributed by atoms with Gasteiger partial charge in [0.15, 0.2) is 0 Å². The Hall–Kier alpha value is -3.95. The van der Waals surface area contributed by atoms with Gasteiger partial charge in [0, 0.05) is 4.88 Å². The van der Waals surface area contributed by atoms with Crippen molar-refractivity contribution >= 4 is 97.0 Å². The van der Waals surface area contributed by atoms with E-state index in [2.05, 4.69) is 195 Å². The molecule has 7 aromatic rings. The quantitative estimate of drug-likeness (QED) is 0.114. The minimum atomic E-state index is -1.98. The van der Waals surface area contributed by atoms with E-state index in [1.54, 1.807) is 0 Å². The molecule has 239 valence electrons. The zero-order chi connectivity index (χ0) is 34.1. The summed E-state index contributed by atoms with van der Waals surface area (Å²) < 4.78 is 9.18. The molecule has 0 bridgehead atoms. The average Bonchev–Trinajstić information content (AvgIpc) is 3.68. The molecule has 0 saturated heterocycles. The van der Waals surface area contributed by atoms with Crippen LogP contribution < -0.4 is 21.5 Å². The van der Waals surface area contributed by atoms with Crippen LogP contribution in [0.5, 0.6) is 0 Å². The monoisotopic (exact) mass is 887 g/mol. The maximum absolute atomic E-state index is 10.3. The van der Waals surface area contributed by atoms with E-state index in [1.807, 2.05) is 17.5 Å². The Balaban J connectivity index is 0.000000149. The van der Waals surface area contributed by atoms with Crippen molar-refractivity contribution < 1.29 is 9.90 Å². The fourth-order valence-electron chi connectivity index (χ4n) is 5.19. The summed E-state index contributed by atoms with van der Waals surface area (Å²) in [6.45, 7) is 0. The summed E-state index contributed by atoms with van der Waals surface area (Å²) in [4.78, 5) is 11.1. The van der Waals surface area contributed by atoms with E-state index in [-0.39, 0.29) is 4.91 Å². The molecule has 1 radical (unpaired) electrons. The summed E-state index contributed by atoms with van der Waals surface area (Å²) in [7, 11) is 0. The standard InChI is InChI=1S/C7H6O2S2.6C6H5.2Sn/c8-7(9)6(10)4-5-2-1-3-11-5;6*1-2-4-6-5-3-1;;/h1-4,10H,(H,8,9);6*1-5H;;/q;;;;;;;;+1/p-1/b6-4+;;;;;;;;. The molecule has 0 atom stereocenters. The zero-order valence-corrected chi connectivity index (χ0v) is 34.1. The van der Waals surface area contributed by atoms with Crippen LogP contribution in [0.1, 0.15) is 4.88 Å². The number of hydrogen-bond acceptors (Lipinski definition) is 3. The predicted octanol–water partition coefficient (Wildman–Crippen LogP) is 6.13. The number of carboxylic acids is 1. The van der Waals surface area contributed by atoms with Crippen LogP contribution >= 0.6 is 11.3 Å². The Bertz CT molecular complexity index is 1670. The first kappa shape index (κ1) is 36.3. The van der Waals surface area contributed by atoms with E-state index in [4.69, 9.17) is 5.11 Å². The second-order valence-electron chi connectivity index (χ2n) is 10.8.